The molecule has 0 bridgehead atoms. The number of rotatable bonds is 7. The van der Waals surface area contributed by atoms with Gasteiger partial charge in [0, 0.05) is 24.5 Å². The minimum atomic E-state index is -0.316. The molecular weight excluding hydrogens is 332 g/mol. The summed E-state index contributed by atoms with van der Waals surface area (Å²) in [6, 6.07) is 10.5. The van der Waals surface area contributed by atoms with E-state index >= 15 is 0 Å². The molecule has 3 N–H and O–H groups in total. The number of amides is 1. The average Bonchev–Trinajstić information content (AvgIpc) is 3.15. The van der Waals surface area contributed by atoms with Crippen LogP contribution in [-0.2, 0) is 11.3 Å². The minimum Gasteiger partial charge on any atom is -0.492 e. The van der Waals surface area contributed by atoms with Gasteiger partial charge in [-0.1, -0.05) is 18.2 Å². The summed E-state index contributed by atoms with van der Waals surface area (Å²) in [5, 5.41) is 2.90. The third-order valence-electron chi connectivity index (χ3n) is 4.18. The molecule has 0 saturated carbocycles. The lowest BCUT2D eigenvalue weighted by Crippen LogP contribution is -2.43. The van der Waals surface area contributed by atoms with Crippen LogP contribution in [0.1, 0.15) is 29.3 Å². The Morgan fingerprint density at radius 1 is 1.27 bits per heavy atom. The smallest absolute Gasteiger partial charge is 0.238 e. The van der Waals surface area contributed by atoms with Crippen molar-refractivity contribution in [3.05, 3.63) is 59.9 Å². The van der Waals surface area contributed by atoms with Gasteiger partial charge in [-0.05, 0) is 37.1 Å². The predicted octanol–water partition coefficient (Wildman–Crippen LogP) is 1.21. The summed E-state index contributed by atoms with van der Waals surface area (Å²) in [6.45, 7) is 2.38. The maximum atomic E-state index is 12.2. The average molecular weight is 354 g/mol. The zero-order chi connectivity index (χ0) is 18.4. The second kappa shape index (κ2) is 8.55. The van der Waals surface area contributed by atoms with E-state index in [9.17, 15) is 9.59 Å². The molecule has 2 aromatic rings. The Labute approximate surface area is 152 Å². The number of nitrogens with one attached hydrogen (secondary N) is 3. The molecule has 0 radical (unpaired) electrons. The highest BCUT2D eigenvalue weighted by Gasteiger charge is 2.29. The number of hydrogen-bond acceptors (Lipinski definition) is 6. The zero-order valence-corrected chi connectivity index (χ0v) is 14.6. The summed E-state index contributed by atoms with van der Waals surface area (Å²) in [6.07, 6.45) is 4.04. The van der Waals surface area contributed by atoms with Crippen molar-refractivity contribution < 1.29 is 14.3 Å². The molecule has 1 aliphatic heterocycles. The summed E-state index contributed by atoms with van der Waals surface area (Å²) in [5.41, 5.74) is 7.65. The Morgan fingerprint density at radius 3 is 2.92 bits per heavy atom. The van der Waals surface area contributed by atoms with E-state index in [0.29, 0.717) is 30.9 Å². The number of carbonyl (C=O) groups is 2. The maximum absolute atomic E-state index is 12.2. The molecule has 2 atom stereocenters. The summed E-state index contributed by atoms with van der Waals surface area (Å²) in [5.74, 6) is 0.577. The van der Waals surface area contributed by atoms with E-state index in [1.165, 1.54) is 6.92 Å². The molecule has 7 nitrogen and oxygen atoms in total. The van der Waals surface area contributed by atoms with Gasteiger partial charge in [0.1, 0.15) is 18.4 Å². The number of aromatic nitrogens is 1. The van der Waals surface area contributed by atoms with Crippen molar-refractivity contribution in [3.63, 3.8) is 0 Å². The second-order valence-corrected chi connectivity index (χ2v) is 6.25. The lowest BCUT2D eigenvalue weighted by molar-refractivity contribution is -0.123. The fourth-order valence-electron chi connectivity index (χ4n) is 2.72. The lowest BCUT2D eigenvalue weighted by Gasteiger charge is -2.12. The minimum absolute atomic E-state index is 0.00135. The predicted molar refractivity (Wildman–Crippen MR) is 96.5 cm³/mol. The van der Waals surface area contributed by atoms with Crippen molar-refractivity contribution in [2.45, 2.75) is 32.0 Å². The second-order valence-electron chi connectivity index (χ2n) is 6.25. The van der Waals surface area contributed by atoms with Crippen LogP contribution in [0.5, 0.6) is 5.75 Å². The number of hydrazine groups is 1. The van der Waals surface area contributed by atoms with Crippen LogP contribution in [0.3, 0.4) is 0 Å². The number of ketones is 1. The normalized spacial score (nSPS) is 19.1. The standard InChI is InChI=1S/C19H22N4O3/c1-13(24)15-5-2-6-17(8-15)26-12-16-9-18(23-22-16)19(25)21-11-14-4-3-7-20-10-14/h2-8,10,16,18,22-23H,9,11-12H2,1H3,(H,21,25). The van der Waals surface area contributed by atoms with Crippen molar-refractivity contribution in [2.75, 3.05) is 6.61 Å². The molecule has 2 unspecified atom stereocenters. The third-order valence-corrected chi connectivity index (χ3v) is 4.18. The van der Waals surface area contributed by atoms with Gasteiger partial charge >= 0.3 is 0 Å². The van der Waals surface area contributed by atoms with Crippen LogP contribution in [0.2, 0.25) is 0 Å². The highest BCUT2D eigenvalue weighted by Crippen LogP contribution is 2.15. The topological polar surface area (TPSA) is 92.4 Å². The van der Waals surface area contributed by atoms with Crippen molar-refractivity contribution in [1.82, 2.24) is 21.2 Å². The number of pyridine rings is 1. The van der Waals surface area contributed by atoms with Crippen LogP contribution in [0.15, 0.2) is 48.8 Å². The largest absolute Gasteiger partial charge is 0.492 e. The van der Waals surface area contributed by atoms with Crippen molar-refractivity contribution in [3.8, 4) is 5.75 Å². The highest BCUT2D eigenvalue weighted by atomic mass is 16.5. The molecule has 1 aliphatic rings. The molecule has 1 aromatic heterocycles. The molecule has 1 aromatic carbocycles. The molecule has 1 saturated heterocycles. The summed E-state index contributed by atoms with van der Waals surface area (Å²) in [4.78, 5) is 27.7. The van der Waals surface area contributed by atoms with Gasteiger partial charge in [0.05, 0.1) is 6.04 Å². The van der Waals surface area contributed by atoms with E-state index in [0.717, 1.165) is 5.56 Å². The molecule has 7 heteroatoms. The first kappa shape index (κ1) is 18.0. The van der Waals surface area contributed by atoms with Crippen LogP contribution in [0.25, 0.3) is 0 Å². The van der Waals surface area contributed by atoms with Crippen LogP contribution < -0.4 is 20.9 Å². The molecule has 136 valence electrons. The molecule has 1 fully saturated rings. The number of Topliss-reactive ketones (excluding diaryl/α,β-unsaturated/α-hetero) is 1. The number of nitrogens with zero attached hydrogens (tertiary/aromatic N) is 1. The molecule has 0 aliphatic carbocycles. The van der Waals surface area contributed by atoms with E-state index < -0.39 is 0 Å². The van der Waals surface area contributed by atoms with Crippen LogP contribution in [0.4, 0.5) is 0 Å². The quantitative estimate of drug-likeness (QED) is 0.648. The van der Waals surface area contributed by atoms with Gasteiger partial charge in [-0.3, -0.25) is 20.0 Å². The Morgan fingerprint density at radius 2 is 2.15 bits per heavy atom. The summed E-state index contributed by atoms with van der Waals surface area (Å²) >= 11 is 0. The first-order valence-electron chi connectivity index (χ1n) is 8.53. The Balaban J connectivity index is 1.44. The molecule has 2 heterocycles. The number of hydrogen-bond donors (Lipinski definition) is 3. The van der Waals surface area contributed by atoms with E-state index in [1.54, 1.807) is 30.6 Å². The molecular formula is C19H22N4O3. The monoisotopic (exact) mass is 354 g/mol. The Bertz CT molecular complexity index is 766. The van der Waals surface area contributed by atoms with Crippen molar-refractivity contribution >= 4 is 11.7 Å². The van der Waals surface area contributed by atoms with Gasteiger partial charge in [0.2, 0.25) is 5.91 Å². The molecule has 1 amide bonds. The molecule has 3 rings (SSSR count). The van der Waals surface area contributed by atoms with E-state index in [-0.39, 0.29) is 23.8 Å². The maximum Gasteiger partial charge on any atom is 0.238 e. The fourth-order valence-corrected chi connectivity index (χ4v) is 2.72. The number of ether oxygens (including phenoxy) is 1. The van der Waals surface area contributed by atoms with Gasteiger partial charge in [0.15, 0.2) is 5.78 Å². The van der Waals surface area contributed by atoms with Crippen LogP contribution in [-0.4, -0.2) is 35.4 Å². The van der Waals surface area contributed by atoms with Crippen molar-refractivity contribution in [2.24, 2.45) is 0 Å². The fraction of sp³-hybridized carbons (Fsp3) is 0.316. The highest BCUT2D eigenvalue weighted by molar-refractivity contribution is 5.94. The van der Waals surface area contributed by atoms with Gasteiger partial charge in [-0.15, -0.1) is 0 Å². The zero-order valence-electron chi connectivity index (χ0n) is 14.6. The van der Waals surface area contributed by atoms with E-state index in [4.69, 9.17) is 4.74 Å². The first-order valence-corrected chi connectivity index (χ1v) is 8.53. The number of benzene rings is 1. The molecule has 0 spiro atoms. The van der Waals surface area contributed by atoms with Crippen molar-refractivity contribution in [1.29, 1.82) is 0 Å². The Kier molecular flexibility index (Phi) is 5.93. The summed E-state index contributed by atoms with van der Waals surface area (Å²) in [7, 11) is 0. The first-order chi connectivity index (χ1) is 12.6. The molecule has 26 heavy (non-hydrogen) atoms. The van der Waals surface area contributed by atoms with Crippen LogP contribution >= 0.6 is 0 Å². The van der Waals surface area contributed by atoms with Gasteiger partial charge in [0.25, 0.3) is 0 Å². The van der Waals surface area contributed by atoms with E-state index in [1.807, 2.05) is 18.2 Å². The van der Waals surface area contributed by atoms with Gasteiger partial charge in [-0.2, -0.15) is 0 Å². The van der Waals surface area contributed by atoms with Crippen LogP contribution in [0, 0.1) is 0 Å². The van der Waals surface area contributed by atoms with Gasteiger partial charge in [-0.25, -0.2) is 5.43 Å². The van der Waals surface area contributed by atoms with E-state index in [2.05, 4.69) is 21.2 Å². The Hall–Kier alpha value is -2.77. The SMILES string of the molecule is CC(=O)c1cccc(OCC2CC(C(=O)NCc3cccnc3)NN2)c1. The summed E-state index contributed by atoms with van der Waals surface area (Å²) < 4.78 is 5.74. The third kappa shape index (κ3) is 4.87. The van der Waals surface area contributed by atoms with Gasteiger partial charge < -0.3 is 10.1 Å². The number of carbonyl (C=O) groups excluding carboxylic acids is 2. The lowest BCUT2D eigenvalue weighted by atomic mass is 10.1.